The van der Waals surface area contributed by atoms with E-state index in [4.69, 9.17) is 0 Å². The predicted octanol–water partition coefficient (Wildman–Crippen LogP) is 6.38. The summed E-state index contributed by atoms with van der Waals surface area (Å²) in [6.45, 7) is 9.31. The van der Waals surface area contributed by atoms with Crippen molar-refractivity contribution in [2.75, 3.05) is 31.1 Å². The molecule has 2 atom stereocenters. The molecule has 2 unspecified atom stereocenters. The van der Waals surface area contributed by atoms with E-state index in [1.54, 1.807) is 4.90 Å². The van der Waals surface area contributed by atoms with E-state index < -0.39 is 5.60 Å². The van der Waals surface area contributed by atoms with Gasteiger partial charge in [0.25, 0.3) is 5.91 Å². The van der Waals surface area contributed by atoms with Crippen molar-refractivity contribution in [3.8, 4) is 0 Å². The van der Waals surface area contributed by atoms with Crippen LogP contribution in [-0.2, 0) is 10.4 Å². The van der Waals surface area contributed by atoms with Crippen LogP contribution in [0.5, 0.6) is 0 Å². The van der Waals surface area contributed by atoms with Gasteiger partial charge < -0.3 is 10.0 Å². The van der Waals surface area contributed by atoms with Crippen molar-refractivity contribution in [1.82, 2.24) is 9.80 Å². The standard InChI is InChI=1S/C36H43N3O3/c1-34(2)22-31-23-35(3,25-34)26-38(31)33(41)27-14-16-30(17-15-27)39(29-12-8-5-9-13-29)32(40)24-37-20-18-36(42,19-21-37)28-10-6-4-7-11-28/h4-17,31,42H,18-26H2,1-3H3. The minimum absolute atomic E-state index is 0.0334. The fourth-order valence-electron chi connectivity index (χ4n) is 8.01. The summed E-state index contributed by atoms with van der Waals surface area (Å²) in [5.41, 5.74) is 2.72. The largest absolute Gasteiger partial charge is 0.385 e. The third-order valence-electron chi connectivity index (χ3n) is 9.67. The molecule has 2 amide bonds. The summed E-state index contributed by atoms with van der Waals surface area (Å²) in [6.07, 6.45) is 4.44. The van der Waals surface area contributed by atoms with Gasteiger partial charge in [-0.2, -0.15) is 0 Å². The number of hydrogen-bond donors (Lipinski definition) is 1. The molecule has 0 aromatic heterocycles. The minimum Gasteiger partial charge on any atom is -0.385 e. The molecule has 6 rings (SSSR count). The summed E-state index contributed by atoms with van der Waals surface area (Å²) in [5, 5.41) is 11.2. The molecule has 0 radical (unpaired) electrons. The molecule has 6 heteroatoms. The SMILES string of the molecule is CC1(C)CC2CC(C)(CN2C(=O)c2ccc(N(C(=O)CN3CCC(O)(c4ccccc4)CC3)c3ccccc3)cc2)C1. The predicted molar refractivity (Wildman–Crippen MR) is 167 cm³/mol. The zero-order valence-corrected chi connectivity index (χ0v) is 25.1. The van der Waals surface area contributed by atoms with Gasteiger partial charge in [-0.15, -0.1) is 0 Å². The second-order valence-corrected chi connectivity index (χ2v) is 13.9. The summed E-state index contributed by atoms with van der Waals surface area (Å²) in [4.78, 5) is 33.5. The Kier molecular flexibility index (Phi) is 7.48. The van der Waals surface area contributed by atoms with Crippen molar-refractivity contribution >= 4 is 23.2 Å². The highest BCUT2D eigenvalue weighted by molar-refractivity contribution is 6.02. The number of aliphatic hydroxyl groups is 1. The Morgan fingerprint density at radius 2 is 1.43 bits per heavy atom. The Morgan fingerprint density at radius 3 is 2.07 bits per heavy atom. The second-order valence-electron chi connectivity index (χ2n) is 13.9. The molecule has 220 valence electrons. The van der Waals surface area contributed by atoms with Crippen LogP contribution in [0, 0.1) is 10.8 Å². The van der Waals surface area contributed by atoms with E-state index in [2.05, 4.69) is 30.6 Å². The highest BCUT2D eigenvalue weighted by Crippen LogP contribution is 2.52. The average molecular weight is 566 g/mol. The third-order valence-corrected chi connectivity index (χ3v) is 9.67. The van der Waals surface area contributed by atoms with Crippen molar-refractivity contribution in [2.45, 2.75) is 64.5 Å². The number of para-hydroxylation sites is 1. The smallest absolute Gasteiger partial charge is 0.254 e. The van der Waals surface area contributed by atoms with Gasteiger partial charge in [-0.1, -0.05) is 69.3 Å². The maximum Gasteiger partial charge on any atom is 0.254 e. The number of piperidine rings is 1. The lowest BCUT2D eigenvalue weighted by molar-refractivity contribution is -0.120. The molecule has 3 aromatic rings. The summed E-state index contributed by atoms with van der Waals surface area (Å²) in [6, 6.07) is 27.3. The molecule has 1 aliphatic carbocycles. The summed E-state index contributed by atoms with van der Waals surface area (Å²) < 4.78 is 0. The van der Waals surface area contributed by atoms with E-state index in [0.717, 1.165) is 42.7 Å². The fraction of sp³-hybridized carbons (Fsp3) is 0.444. The molecule has 3 aromatic carbocycles. The monoisotopic (exact) mass is 565 g/mol. The highest BCUT2D eigenvalue weighted by atomic mass is 16.3. The second kappa shape index (κ2) is 11.0. The molecule has 3 fully saturated rings. The van der Waals surface area contributed by atoms with Crippen LogP contribution in [0.15, 0.2) is 84.9 Å². The van der Waals surface area contributed by atoms with Crippen LogP contribution < -0.4 is 4.90 Å². The van der Waals surface area contributed by atoms with Crippen LogP contribution in [0.25, 0.3) is 0 Å². The van der Waals surface area contributed by atoms with Gasteiger partial charge in [0.1, 0.15) is 0 Å². The Balaban J connectivity index is 1.17. The normalized spacial score (nSPS) is 24.8. The zero-order chi connectivity index (χ0) is 29.5. The van der Waals surface area contributed by atoms with Crippen LogP contribution >= 0.6 is 0 Å². The molecule has 2 heterocycles. The van der Waals surface area contributed by atoms with Gasteiger partial charge in [0.2, 0.25) is 5.91 Å². The summed E-state index contributed by atoms with van der Waals surface area (Å²) in [5.74, 6) is 0.0544. The molecule has 6 nitrogen and oxygen atoms in total. The molecular formula is C36H43N3O3. The van der Waals surface area contributed by atoms with Gasteiger partial charge >= 0.3 is 0 Å². The maximum atomic E-state index is 13.8. The Labute approximate surface area is 249 Å². The molecule has 3 aliphatic rings. The lowest BCUT2D eigenvalue weighted by atomic mass is 9.65. The maximum absolute atomic E-state index is 13.8. The first-order valence-corrected chi connectivity index (χ1v) is 15.3. The number of benzene rings is 3. The molecule has 1 N–H and O–H groups in total. The number of nitrogens with zero attached hydrogens (tertiary/aromatic N) is 3. The molecular weight excluding hydrogens is 522 g/mol. The van der Waals surface area contributed by atoms with Gasteiger partial charge in [-0.05, 0) is 84.9 Å². The zero-order valence-electron chi connectivity index (χ0n) is 25.1. The summed E-state index contributed by atoms with van der Waals surface area (Å²) >= 11 is 0. The fourth-order valence-corrected chi connectivity index (χ4v) is 8.01. The van der Waals surface area contributed by atoms with E-state index in [9.17, 15) is 14.7 Å². The van der Waals surface area contributed by atoms with Crippen molar-refractivity contribution in [2.24, 2.45) is 10.8 Å². The first-order valence-electron chi connectivity index (χ1n) is 15.3. The number of carbonyl (C=O) groups excluding carboxylic acids is 2. The van der Waals surface area contributed by atoms with Gasteiger partial charge in [-0.25, -0.2) is 0 Å². The van der Waals surface area contributed by atoms with E-state index >= 15 is 0 Å². The van der Waals surface area contributed by atoms with E-state index in [1.165, 1.54) is 0 Å². The van der Waals surface area contributed by atoms with E-state index in [1.807, 2.05) is 84.9 Å². The van der Waals surface area contributed by atoms with Crippen LogP contribution in [0.2, 0.25) is 0 Å². The number of amides is 2. The van der Waals surface area contributed by atoms with Gasteiger partial charge in [0.15, 0.2) is 0 Å². The van der Waals surface area contributed by atoms with Crippen molar-refractivity contribution < 1.29 is 14.7 Å². The van der Waals surface area contributed by atoms with E-state index in [-0.39, 0.29) is 35.2 Å². The van der Waals surface area contributed by atoms with Crippen molar-refractivity contribution in [3.63, 3.8) is 0 Å². The molecule has 1 saturated carbocycles. The third kappa shape index (κ3) is 5.75. The number of hydrogen-bond acceptors (Lipinski definition) is 4. The van der Waals surface area contributed by atoms with Crippen molar-refractivity contribution in [1.29, 1.82) is 0 Å². The van der Waals surface area contributed by atoms with Crippen LogP contribution in [0.3, 0.4) is 0 Å². The minimum atomic E-state index is -0.858. The molecule has 2 saturated heterocycles. The first-order chi connectivity index (χ1) is 20.0. The van der Waals surface area contributed by atoms with E-state index in [0.29, 0.717) is 31.5 Å². The van der Waals surface area contributed by atoms with Crippen LogP contribution in [0.4, 0.5) is 11.4 Å². The lowest BCUT2D eigenvalue weighted by Crippen LogP contribution is -2.46. The number of likely N-dealkylation sites (tertiary alicyclic amines) is 2. The Hall–Kier alpha value is -3.48. The lowest BCUT2D eigenvalue weighted by Gasteiger charge is -2.39. The number of rotatable bonds is 6. The van der Waals surface area contributed by atoms with Gasteiger partial charge in [-0.3, -0.25) is 19.4 Å². The Bertz CT molecular complexity index is 1410. The first kappa shape index (κ1) is 28.6. The van der Waals surface area contributed by atoms with Gasteiger partial charge in [0.05, 0.1) is 12.1 Å². The molecule has 2 aliphatic heterocycles. The highest BCUT2D eigenvalue weighted by Gasteiger charge is 2.51. The Morgan fingerprint density at radius 1 is 0.833 bits per heavy atom. The number of fused-ring (bicyclic) bond motifs is 2. The topological polar surface area (TPSA) is 64.1 Å². The van der Waals surface area contributed by atoms with Crippen LogP contribution in [0.1, 0.15) is 68.8 Å². The summed E-state index contributed by atoms with van der Waals surface area (Å²) in [7, 11) is 0. The van der Waals surface area contributed by atoms with Gasteiger partial charge in [0, 0.05) is 42.6 Å². The molecule has 42 heavy (non-hydrogen) atoms. The number of anilines is 2. The molecule has 0 spiro atoms. The number of carbonyl (C=O) groups is 2. The average Bonchev–Trinajstić information content (AvgIpc) is 3.24. The molecule has 2 bridgehead atoms. The quantitative estimate of drug-likeness (QED) is 0.377. The van der Waals surface area contributed by atoms with Crippen molar-refractivity contribution in [3.05, 3.63) is 96.1 Å². The van der Waals surface area contributed by atoms with Crippen LogP contribution in [-0.4, -0.2) is 58.9 Å².